The van der Waals surface area contributed by atoms with Crippen LogP contribution >= 0.6 is 0 Å². The maximum atomic E-state index is 11.0. The highest BCUT2D eigenvalue weighted by Crippen LogP contribution is 2.26. The van der Waals surface area contributed by atoms with E-state index in [2.05, 4.69) is 14.9 Å². The maximum Gasteiger partial charge on any atom is 0.231 e. The number of H-pyrrole nitrogens is 1. The molecule has 2 rings (SSSR count). The molecule has 2 N–H and O–H groups in total. The van der Waals surface area contributed by atoms with Crippen LogP contribution in [0, 0.1) is 0 Å². The zero-order valence-electron chi connectivity index (χ0n) is 9.06. The summed E-state index contributed by atoms with van der Waals surface area (Å²) in [5.41, 5.74) is 0.967. The summed E-state index contributed by atoms with van der Waals surface area (Å²) >= 11 is 0. The number of hydrogen-bond donors (Lipinski definition) is 2. The highest BCUT2D eigenvalue weighted by molar-refractivity contribution is 7.92. The first-order chi connectivity index (χ1) is 7.54. The summed E-state index contributed by atoms with van der Waals surface area (Å²) in [6, 6.07) is 1.75. The van der Waals surface area contributed by atoms with Gasteiger partial charge in [-0.05, 0) is 12.8 Å². The number of rotatable bonds is 3. The zero-order valence-corrected chi connectivity index (χ0v) is 9.88. The Kier molecular flexibility index (Phi) is 3.15. The summed E-state index contributed by atoms with van der Waals surface area (Å²) in [7, 11) is -3.25. The fourth-order valence-electron chi connectivity index (χ4n) is 1.80. The lowest BCUT2D eigenvalue weighted by Crippen LogP contribution is -2.14. The van der Waals surface area contributed by atoms with E-state index in [0.717, 1.165) is 38.0 Å². The first-order valence-corrected chi connectivity index (χ1v) is 7.04. The van der Waals surface area contributed by atoms with Gasteiger partial charge in [-0.15, -0.1) is 0 Å². The van der Waals surface area contributed by atoms with E-state index in [9.17, 15) is 8.42 Å². The van der Waals surface area contributed by atoms with E-state index in [1.165, 1.54) is 0 Å². The number of hydrogen-bond acceptors (Lipinski definition) is 4. The van der Waals surface area contributed by atoms with Gasteiger partial charge < -0.3 is 4.74 Å². The standard InChI is InChI=1S/C9H15N3O3S/c1-16(13,14)12-9-6-8(10-11-9)7-2-4-15-5-3-7/h6-7H,2-5H2,1H3,(H2,10,11,12). The Labute approximate surface area is 94.4 Å². The van der Waals surface area contributed by atoms with Gasteiger partial charge in [-0.1, -0.05) is 0 Å². The fourth-order valence-corrected chi connectivity index (χ4v) is 2.28. The van der Waals surface area contributed by atoms with Gasteiger partial charge in [0.15, 0.2) is 5.82 Å². The van der Waals surface area contributed by atoms with E-state index in [4.69, 9.17) is 4.74 Å². The highest BCUT2D eigenvalue weighted by Gasteiger charge is 2.18. The van der Waals surface area contributed by atoms with Crippen molar-refractivity contribution in [3.8, 4) is 0 Å². The Morgan fingerprint density at radius 1 is 1.50 bits per heavy atom. The van der Waals surface area contributed by atoms with E-state index in [-0.39, 0.29) is 0 Å². The van der Waals surface area contributed by atoms with Gasteiger partial charge >= 0.3 is 0 Å². The Bertz CT molecular complexity index is 448. The molecule has 0 amide bonds. The molecule has 16 heavy (non-hydrogen) atoms. The number of nitrogens with one attached hydrogen (secondary N) is 2. The number of aromatic amines is 1. The Hall–Kier alpha value is -1.08. The van der Waals surface area contributed by atoms with Gasteiger partial charge in [-0.2, -0.15) is 5.10 Å². The molecular formula is C9H15N3O3S. The maximum absolute atomic E-state index is 11.0. The van der Waals surface area contributed by atoms with Crippen LogP contribution in [0.4, 0.5) is 5.82 Å². The summed E-state index contributed by atoms with van der Waals surface area (Å²) in [6.07, 6.45) is 3.00. The fraction of sp³-hybridized carbons (Fsp3) is 0.667. The highest BCUT2D eigenvalue weighted by atomic mass is 32.2. The number of anilines is 1. The molecule has 0 aromatic carbocycles. The minimum absolute atomic E-state index is 0.351. The predicted octanol–water partition coefficient (Wildman–Crippen LogP) is 0.675. The van der Waals surface area contributed by atoms with E-state index in [1.807, 2.05) is 0 Å². The average Bonchev–Trinajstić information content (AvgIpc) is 2.65. The molecular weight excluding hydrogens is 230 g/mol. The third-order valence-electron chi connectivity index (χ3n) is 2.55. The van der Waals surface area contributed by atoms with Crippen molar-refractivity contribution in [1.29, 1.82) is 0 Å². The van der Waals surface area contributed by atoms with Crippen molar-refractivity contribution in [1.82, 2.24) is 10.2 Å². The molecule has 0 atom stereocenters. The minimum atomic E-state index is -3.25. The number of aromatic nitrogens is 2. The van der Waals surface area contributed by atoms with Crippen LogP contribution in [0.3, 0.4) is 0 Å². The molecule has 0 radical (unpaired) electrons. The molecule has 0 unspecified atom stereocenters. The van der Waals surface area contributed by atoms with Gasteiger partial charge in [0.25, 0.3) is 0 Å². The van der Waals surface area contributed by atoms with Crippen LogP contribution in [0.1, 0.15) is 24.5 Å². The zero-order chi connectivity index (χ0) is 11.6. The lowest BCUT2D eigenvalue weighted by atomic mass is 9.97. The molecule has 0 aliphatic carbocycles. The summed E-state index contributed by atoms with van der Waals surface area (Å²) in [4.78, 5) is 0. The van der Waals surface area contributed by atoms with Crippen molar-refractivity contribution in [3.63, 3.8) is 0 Å². The van der Waals surface area contributed by atoms with Crippen molar-refractivity contribution in [2.24, 2.45) is 0 Å². The Balaban J connectivity index is 2.06. The summed E-state index contributed by atoms with van der Waals surface area (Å²) in [5, 5.41) is 6.79. The normalized spacial score (nSPS) is 18.6. The second-order valence-corrected chi connectivity index (χ2v) is 5.72. The lowest BCUT2D eigenvalue weighted by Gasteiger charge is -2.20. The quantitative estimate of drug-likeness (QED) is 0.820. The molecule has 1 aliphatic heterocycles. The molecule has 0 bridgehead atoms. The average molecular weight is 245 g/mol. The van der Waals surface area contributed by atoms with Gasteiger partial charge in [0.1, 0.15) is 0 Å². The molecule has 0 saturated carbocycles. The largest absolute Gasteiger partial charge is 0.381 e. The molecule has 90 valence electrons. The van der Waals surface area contributed by atoms with Crippen LogP contribution in [-0.2, 0) is 14.8 Å². The number of nitrogens with zero attached hydrogens (tertiary/aromatic N) is 1. The molecule has 1 aromatic rings. The van der Waals surface area contributed by atoms with Crippen LogP contribution < -0.4 is 4.72 Å². The van der Waals surface area contributed by atoms with Gasteiger partial charge in [0, 0.05) is 30.9 Å². The molecule has 0 spiro atoms. The van der Waals surface area contributed by atoms with Gasteiger partial charge in [-0.3, -0.25) is 9.82 Å². The SMILES string of the molecule is CS(=O)(=O)Nc1cc(C2CCOCC2)[nH]n1. The van der Waals surface area contributed by atoms with Gasteiger partial charge in [-0.25, -0.2) is 8.42 Å². The van der Waals surface area contributed by atoms with Crippen LogP contribution in [-0.4, -0.2) is 38.1 Å². The van der Waals surface area contributed by atoms with Crippen molar-refractivity contribution in [2.45, 2.75) is 18.8 Å². The Morgan fingerprint density at radius 2 is 2.19 bits per heavy atom. The molecule has 1 aliphatic rings. The van der Waals surface area contributed by atoms with E-state index in [1.54, 1.807) is 6.07 Å². The lowest BCUT2D eigenvalue weighted by molar-refractivity contribution is 0.0845. The summed E-state index contributed by atoms with van der Waals surface area (Å²) < 4.78 is 29.6. The molecule has 1 aromatic heterocycles. The van der Waals surface area contributed by atoms with Crippen LogP contribution in [0.5, 0.6) is 0 Å². The van der Waals surface area contributed by atoms with E-state index in [0.29, 0.717) is 11.7 Å². The van der Waals surface area contributed by atoms with E-state index < -0.39 is 10.0 Å². The predicted molar refractivity (Wildman–Crippen MR) is 59.8 cm³/mol. The third-order valence-corrected chi connectivity index (χ3v) is 3.13. The van der Waals surface area contributed by atoms with Crippen LogP contribution in [0.25, 0.3) is 0 Å². The number of sulfonamides is 1. The van der Waals surface area contributed by atoms with Crippen LogP contribution in [0.2, 0.25) is 0 Å². The van der Waals surface area contributed by atoms with E-state index >= 15 is 0 Å². The van der Waals surface area contributed by atoms with Crippen molar-refractivity contribution in [3.05, 3.63) is 11.8 Å². The Morgan fingerprint density at radius 3 is 2.81 bits per heavy atom. The first-order valence-electron chi connectivity index (χ1n) is 5.15. The molecule has 6 nitrogen and oxygen atoms in total. The summed E-state index contributed by atoms with van der Waals surface area (Å²) in [5.74, 6) is 0.736. The molecule has 1 fully saturated rings. The molecule has 7 heteroatoms. The van der Waals surface area contributed by atoms with Gasteiger partial charge in [0.05, 0.1) is 6.26 Å². The third kappa shape index (κ3) is 2.96. The van der Waals surface area contributed by atoms with Crippen molar-refractivity contribution < 1.29 is 13.2 Å². The topological polar surface area (TPSA) is 84.1 Å². The molecule has 2 heterocycles. The van der Waals surface area contributed by atoms with Crippen molar-refractivity contribution >= 4 is 15.8 Å². The second-order valence-electron chi connectivity index (χ2n) is 3.97. The first kappa shape index (κ1) is 11.4. The minimum Gasteiger partial charge on any atom is -0.381 e. The molecule has 1 saturated heterocycles. The van der Waals surface area contributed by atoms with Crippen LogP contribution in [0.15, 0.2) is 6.07 Å². The van der Waals surface area contributed by atoms with Gasteiger partial charge in [0.2, 0.25) is 10.0 Å². The number of ether oxygens (including phenoxy) is 1. The second kappa shape index (κ2) is 4.42. The van der Waals surface area contributed by atoms with Crippen molar-refractivity contribution in [2.75, 3.05) is 24.2 Å². The monoisotopic (exact) mass is 245 g/mol. The summed E-state index contributed by atoms with van der Waals surface area (Å²) in [6.45, 7) is 1.50. The smallest absolute Gasteiger partial charge is 0.231 e.